The van der Waals surface area contributed by atoms with Crippen LogP contribution >= 0.6 is 0 Å². The van der Waals surface area contributed by atoms with Gasteiger partial charge in [0.1, 0.15) is 12.6 Å². The highest BCUT2D eigenvalue weighted by atomic mass is 16.4. The van der Waals surface area contributed by atoms with Gasteiger partial charge in [-0.2, -0.15) is 0 Å². The average Bonchev–Trinajstić information content (AvgIpc) is 2.99. The van der Waals surface area contributed by atoms with E-state index in [-0.39, 0.29) is 6.54 Å². The second-order valence-corrected chi connectivity index (χ2v) is 8.54. The van der Waals surface area contributed by atoms with Gasteiger partial charge in [0.2, 0.25) is 59.1 Å². The van der Waals surface area contributed by atoms with Crippen molar-refractivity contribution in [3.05, 3.63) is 0 Å². The van der Waals surface area contributed by atoms with E-state index in [1.807, 2.05) is 5.32 Å². The molecule has 0 saturated carbocycles. The number of nitrogens with two attached hydrogens (primary N) is 2. The molecule has 1 atom stereocenters. The number of carbonyl (C=O) groups is 11. The van der Waals surface area contributed by atoms with Crippen LogP contribution < -0.4 is 59.3 Å². The number of hydrogen-bond acceptors (Lipinski definition) is 12. The van der Waals surface area contributed by atoms with Crippen LogP contribution in [-0.2, 0) is 52.7 Å². The minimum Gasteiger partial charge on any atom is -0.480 e. The van der Waals surface area contributed by atoms with Gasteiger partial charge in [0.15, 0.2) is 0 Å². The zero-order valence-electron chi connectivity index (χ0n) is 23.7. The Hall–Kier alpha value is -5.87. The summed E-state index contributed by atoms with van der Waals surface area (Å²) in [5.41, 5.74) is 10.2. The first-order valence-electron chi connectivity index (χ1n) is 12.8. The summed E-state index contributed by atoms with van der Waals surface area (Å²) in [6.07, 6.45) is -0.659. The normalized spacial score (nSPS) is 10.5. The van der Waals surface area contributed by atoms with Crippen molar-refractivity contribution < 1.29 is 57.8 Å². The fourth-order valence-corrected chi connectivity index (χ4v) is 2.64. The van der Waals surface area contributed by atoms with E-state index in [0.717, 1.165) is 0 Å². The Morgan fingerprint density at radius 2 is 0.778 bits per heavy atom. The third kappa shape index (κ3) is 21.5. The van der Waals surface area contributed by atoms with Crippen LogP contribution in [0.2, 0.25) is 0 Å². The third-order valence-electron chi connectivity index (χ3n) is 4.78. The number of carboxylic acid groups (broad SMARTS) is 1. The minimum absolute atomic E-state index is 0.350. The van der Waals surface area contributed by atoms with Gasteiger partial charge in [-0.15, -0.1) is 0 Å². The molecule has 0 aromatic rings. The molecular weight excluding hydrogens is 610 g/mol. The van der Waals surface area contributed by atoms with Crippen LogP contribution in [0.5, 0.6) is 0 Å². The molecule has 0 bridgehead atoms. The Balaban J connectivity index is 4.38. The molecule has 0 aromatic heterocycles. The summed E-state index contributed by atoms with van der Waals surface area (Å²) >= 11 is 0. The van der Waals surface area contributed by atoms with Gasteiger partial charge in [0.05, 0.1) is 58.8 Å². The number of rotatable bonds is 21. The van der Waals surface area contributed by atoms with Crippen molar-refractivity contribution in [2.24, 2.45) is 11.5 Å². The molecule has 23 heteroatoms. The lowest BCUT2D eigenvalue weighted by atomic mass is 10.2. The van der Waals surface area contributed by atoms with Gasteiger partial charge >= 0.3 is 5.97 Å². The van der Waals surface area contributed by atoms with Gasteiger partial charge in [-0.25, -0.2) is 0 Å². The molecule has 0 aliphatic rings. The summed E-state index contributed by atoms with van der Waals surface area (Å²) in [7, 11) is 0. The number of carbonyl (C=O) groups excluding carboxylic acids is 10. The molecule has 45 heavy (non-hydrogen) atoms. The molecule has 0 aliphatic carbocycles. The SMILES string of the molecule is NCC(=O)NCC(=O)NCC(=O)N[C@@H](CC(N)=O)C(=O)NCC(=O)NCC(=O)NCC(=O)NCC(=O)NCC(=O)NCC(=O)O. The fraction of sp³-hybridized carbons (Fsp3) is 0.500. The fourth-order valence-electron chi connectivity index (χ4n) is 2.64. The monoisotopic (exact) mass is 645 g/mol. The van der Waals surface area contributed by atoms with Crippen molar-refractivity contribution in [1.29, 1.82) is 0 Å². The van der Waals surface area contributed by atoms with Gasteiger partial charge < -0.3 is 64.4 Å². The summed E-state index contributed by atoms with van der Waals surface area (Å²) in [6.45, 7) is -5.07. The van der Waals surface area contributed by atoms with E-state index in [1.54, 1.807) is 0 Å². The summed E-state index contributed by atoms with van der Waals surface area (Å²) in [6, 6.07) is -1.52. The Labute approximate surface area is 254 Å². The van der Waals surface area contributed by atoms with Gasteiger partial charge in [-0.1, -0.05) is 0 Å². The minimum atomic E-state index is -1.52. The number of primary amides is 1. The average molecular weight is 646 g/mol. The van der Waals surface area contributed by atoms with Crippen molar-refractivity contribution in [2.75, 3.05) is 58.9 Å². The number of hydrogen-bond donors (Lipinski definition) is 12. The molecule has 0 radical (unpaired) electrons. The summed E-state index contributed by atoms with van der Waals surface area (Å²) < 4.78 is 0. The van der Waals surface area contributed by atoms with Crippen molar-refractivity contribution in [2.45, 2.75) is 12.5 Å². The van der Waals surface area contributed by atoms with Crippen LogP contribution in [0.3, 0.4) is 0 Å². The maximum Gasteiger partial charge on any atom is 0.322 e. The van der Waals surface area contributed by atoms with Crippen LogP contribution in [0.4, 0.5) is 0 Å². The second kappa shape index (κ2) is 21.8. The molecule has 10 amide bonds. The Morgan fingerprint density at radius 1 is 0.467 bits per heavy atom. The maximum absolute atomic E-state index is 12.4. The van der Waals surface area contributed by atoms with E-state index >= 15 is 0 Å². The Morgan fingerprint density at radius 3 is 1.11 bits per heavy atom. The quantitative estimate of drug-likeness (QED) is 0.0552. The van der Waals surface area contributed by atoms with Crippen LogP contribution in [0.1, 0.15) is 6.42 Å². The number of amides is 10. The first kappa shape index (κ1) is 39.1. The largest absolute Gasteiger partial charge is 0.480 e. The first-order chi connectivity index (χ1) is 21.1. The lowest BCUT2D eigenvalue weighted by molar-refractivity contribution is -0.138. The Kier molecular flexibility index (Phi) is 18.9. The smallest absolute Gasteiger partial charge is 0.322 e. The number of carboxylic acids is 1. The van der Waals surface area contributed by atoms with E-state index in [9.17, 15) is 52.7 Å². The molecule has 0 aromatic carbocycles. The van der Waals surface area contributed by atoms with Gasteiger partial charge in [-0.05, 0) is 0 Å². The predicted octanol–water partition coefficient (Wildman–Crippen LogP) is -9.68. The van der Waals surface area contributed by atoms with Crippen LogP contribution in [0.25, 0.3) is 0 Å². The van der Waals surface area contributed by atoms with Crippen LogP contribution in [-0.4, -0.2) is 135 Å². The predicted molar refractivity (Wildman–Crippen MR) is 147 cm³/mol. The molecule has 0 aliphatic heterocycles. The first-order valence-corrected chi connectivity index (χ1v) is 12.8. The van der Waals surface area contributed by atoms with Crippen LogP contribution in [0, 0.1) is 0 Å². The zero-order chi connectivity index (χ0) is 34.4. The molecule has 0 fully saturated rings. The molecule has 250 valence electrons. The van der Waals surface area contributed by atoms with Crippen LogP contribution in [0.15, 0.2) is 0 Å². The van der Waals surface area contributed by atoms with Crippen molar-refractivity contribution in [3.8, 4) is 0 Å². The second-order valence-electron chi connectivity index (χ2n) is 8.54. The van der Waals surface area contributed by atoms with Crippen molar-refractivity contribution >= 4 is 65.0 Å². The molecule has 0 heterocycles. The highest BCUT2D eigenvalue weighted by molar-refractivity contribution is 5.96. The third-order valence-corrected chi connectivity index (χ3v) is 4.78. The van der Waals surface area contributed by atoms with Crippen molar-refractivity contribution in [1.82, 2.24) is 47.9 Å². The molecule has 14 N–H and O–H groups in total. The van der Waals surface area contributed by atoms with Gasteiger partial charge in [-0.3, -0.25) is 52.7 Å². The summed E-state index contributed by atoms with van der Waals surface area (Å²) in [5, 5.41) is 27.6. The molecule has 0 rings (SSSR count). The van der Waals surface area contributed by atoms with E-state index in [1.165, 1.54) is 0 Å². The highest BCUT2D eigenvalue weighted by Gasteiger charge is 2.23. The summed E-state index contributed by atoms with van der Waals surface area (Å²) in [5.74, 6) is -9.54. The molecule has 0 unspecified atom stereocenters. The maximum atomic E-state index is 12.4. The van der Waals surface area contributed by atoms with E-state index in [4.69, 9.17) is 16.6 Å². The summed E-state index contributed by atoms with van der Waals surface area (Å²) in [4.78, 5) is 127. The van der Waals surface area contributed by atoms with Crippen molar-refractivity contribution in [3.63, 3.8) is 0 Å². The lowest BCUT2D eigenvalue weighted by Crippen LogP contribution is -2.53. The van der Waals surface area contributed by atoms with Gasteiger partial charge in [0, 0.05) is 0 Å². The van der Waals surface area contributed by atoms with Gasteiger partial charge in [0.25, 0.3) is 0 Å². The number of nitrogens with one attached hydrogen (secondary N) is 9. The topological polar surface area (TPSA) is 368 Å². The molecule has 0 spiro atoms. The molecule has 0 saturated heterocycles. The van der Waals surface area contributed by atoms with E-state index in [0.29, 0.717) is 0 Å². The highest BCUT2D eigenvalue weighted by Crippen LogP contribution is 1.92. The van der Waals surface area contributed by atoms with E-state index in [2.05, 4.69) is 42.5 Å². The zero-order valence-corrected chi connectivity index (χ0v) is 23.7. The molecule has 23 nitrogen and oxygen atoms in total. The standard InChI is InChI=1S/C22H35N11O12/c23-2-13(35)25-3-14(36)30-9-20(42)33-11(1-12(24)34)22(45)32-8-19(41)29-6-17(39)27-4-15(37)26-5-16(38)28-7-18(40)31-10-21(43)44/h11H,1-10,23H2,(H2,24,34)(H,25,35)(H,26,37)(H,27,39)(H,28,38)(H,29,41)(H,30,36)(H,31,40)(H,32,45)(H,33,42)(H,43,44)/t11-/m0/s1. The lowest BCUT2D eigenvalue weighted by Gasteiger charge is -2.17. The van der Waals surface area contributed by atoms with E-state index < -0.39 is 130 Å². The molecular formula is C22H35N11O12. The Bertz CT molecular complexity index is 1160. The number of aliphatic carboxylic acids is 1.